The van der Waals surface area contributed by atoms with E-state index in [-0.39, 0.29) is 12.5 Å². The first-order valence-corrected chi connectivity index (χ1v) is 6.96. The normalized spacial score (nSPS) is 18.9. The lowest BCUT2D eigenvalue weighted by Gasteiger charge is -2.22. The average Bonchev–Trinajstić information content (AvgIpc) is 2.45. The van der Waals surface area contributed by atoms with E-state index < -0.39 is 0 Å². The van der Waals surface area contributed by atoms with Gasteiger partial charge in [0.2, 0.25) is 5.91 Å². The Morgan fingerprint density at radius 1 is 1.42 bits per heavy atom. The molecule has 1 fully saturated rings. The molecule has 0 spiro atoms. The van der Waals surface area contributed by atoms with E-state index in [1.807, 2.05) is 18.2 Å². The Morgan fingerprint density at radius 2 is 2.26 bits per heavy atom. The number of rotatable bonds is 5. The van der Waals surface area contributed by atoms with Crippen LogP contribution < -0.4 is 10.6 Å². The molecule has 1 saturated heterocycles. The minimum atomic E-state index is -0.0227. The van der Waals surface area contributed by atoms with Gasteiger partial charge >= 0.3 is 0 Å². The molecule has 1 amide bonds. The number of carbonyl (C=O) groups excluding carboxylic acids is 1. The van der Waals surface area contributed by atoms with Gasteiger partial charge in [0.1, 0.15) is 0 Å². The Hall–Kier alpha value is -1.26. The molecule has 1 aliphatic heterocycles. The van der Waals surface area contributed by atoms with Crippen molar-refractivity contribution in [3.63, 3.8) is 0 Å². The molecular formula is C14H19ClN2O2. The lowest BCUT2D eigenvalue weighted by molar-refractivity contribution is -0.119. The zero-order valence-corrected chi connectivity index (χ0v) is 11.6. The van der Waals surface area contributed by atoms with Crippen LogP contribution in [-0.4, -0.2) is 32.2 Å². The van der Waals surface area contributed by atoms with Gasteiger partial charge in [-0.1, -0.05) is 23.7 Å². The molecule has 1 aromatic carbocycles. The van der Waals surface area contributed by atoms with Crippen molar-refractivity contribution in [2.45, 2.75) is 12.8 Å². The summed E-state index contributed by atoms with van der Waals surface area (Å²) in [6.07, 6.45) is 2.20. The molecule has 5 heteroatoms. The van der Waals surface area contributed by atoms with Crippen molar-refractivity contribution in [3.05, 3.63) is 29.3 Å². The molecule has 4 nitrogen and oxygen atoms in total. The van der Waals surface area contributed by atoms with E-state index in [1.54, 1.807) is 6.07 Å². The van der Waals surface area contributed by atoms with Gasteiger partial charge in [-0.15, -0.1) is 0 Å². The second-order valence-electron chi connectivity index (χ2n) is 4.72. The van der Waals surface area contributed by atoms with Crippen LogP contribution in [0.3, 0.4) is 0 Å². The van der Waals surface area contributed by atoms with Crippen molar-refractivity contribution in [2.75, 3.05) is 31.6 Å². The summed E-state index contributed by atoms with van der Waals surface area (Å²) in [6.45, 7) is 2.51. The molecule has 1 atom stereocenters. The maximum Gasteiger partial charge on any atom is 0.239 e. The minimum absolute atomic E-state index is 0.0227. The molecular weight excluding hydrogens is 264 g/mol. The van der Waals surface area contributed by atoms with Crippen LogP contribution in [0, 0.1) is 5.92 Å². The minimum Gasteiger partial charge on any atom is -0.381 e. The quantitative estimate of drug-likeness (QED) is 0.871. The van der Waals surface area contributed by atoms with Crippen LogP contribution in [0.2, 0.25) is 5.02 Å². The molecule has 0 bridgehead atoms. The van der Waals surface area contributed by atoms with Gasteiger partial charge < -0.3 is 15.4 Å². The van der Waals surface area contributed by atoms with Crippen LogP contribution in [0.1, 0.15) is 12.8 Å². The summed E-state index contributed by atoms with van der Waals surface area (Å²) in [5, 5.41) is 6.56. The van der Waals surface area contributed by atoms with Gasteiger partial charge in [0.15, 0.2) is 0 Å². The molecule has 1 aliphatic rings. The lowest BCUT2D eigenvalue weighted by Crippen LogP contribution is -2.36. The summed E-state index contributed by atoms with van der Waals surface area (Å²) >= 11 is 6.00. The van der Waals surface area contributed by atoms with E-state index in [2.05, 4.69) is 10.6 Å². The number of halogens is 1. The molecule has 1 aromatic rings. The first-order valence-electron chi connectivity index (χ1n) is 6.58. The highest BCUT2D eigenvalue weighted by Gasteiger charge is 2.14. The van der Waals surface area contributed by atoms with E-state index in [9.17, 15) is 4.79 Å². The molecule has 2 rings (SSSR count). The highest BCUT2D eigenvalue weighted by Crippen LogP contribution is 2.19. The molecule has 2 N–H and O–H groups in total. The molecule has 104 valence electrons. The smallest absolute Gasteiger partial charge is 0.239 e. The van der Waals surface area contributed by atoms with Crippen LogP contribution in [-0.2, 0) is 9.53 Å². The van der Waals surface area contributed by atoms with Crippen molar-refractivity contribution >= 4 is 23.2 Å². The Balaban J connectivity index is 1.68. The van der Waals surface area contributed by atoms with Crippen molar-refractivity contribution in [1.82, 2.24) is 5.32 Å². The molecule has 0 unspecified atom stereocenters. The van der Waals surface area contributed by atoms with Gasteiger partial charge in [-0.3, -0.25) is 4.79 Å². The monoisotopic (exact) mass is 282 g/mol. The Bertz CT molecular complexity index is 420. The van der Waals surface area contributed by atoms with E-state index in [1.165, 1.54) is 0 Å². The Labute approximate surface area is 118 Å². The van der Waals surface area contributed by atoms with Gasteiger partial charge in [-0.2, -0.15) is 0 Å². The number of amides is 1. The zero-order chi connectivity index (χ0) is 13.5. The average molecular weight is 283 g/mol. The third kappa shape index (κ3) is 4.73. The molecule has 1 heterocycles. The van der Waals surface area contributed by atoms with Crippen molar-refractivity contribution < 1.29 is 9.53 Å². The van der Waals surface area contributed by atoms with E-state index >= 15 is 0 Å². The maximum atomic E-state index is 11.7. The number of benzene rings is 1. The summed E-state index contributed by atoms with van der Waals surface area (Å²) in [6, 6.07) is 7.38. The maximum absolute atomic E-state index is 11.7. The summed E-state index contributed by atoms with van der Waals surface area (Å²) in [5.74, 6) is 0.420. The zero-order valence-electron chi connectivity index (χ0n) is 10.8. The molecule has 0 radical (unpaired) electrons. The van der Waals surface area contributed by atoms with Crippen molar-refractivity contribution in [2.24, 2.45) is 5.92 Å². The van der Waals surface area contributed by atoms with Gasteiger partial charge in [-0.25, -0.2) is 0 Å². The summed E-state index contributed by atoms with van der Waals surface area (Å²) in [5.41, 5.74) is 0.778. The molecule has 0 saturated carbocycles. The second-order valence-corrected chi connectivity index (χ2v) is 5.13. The number of ether oxygens (including phenoxy) is 1. The van der Waals surface area contributed by atoms with E-state index in [0.717, 1.165) is 31.7 Å². The fourth-order valence-corrected chi connectivity index (χ4v) is 2.27. The number of carbonyl (C=O) groups is 1. The van der Waals surface area contributed by atoms with E-state index in [0.29, 0.717) is 17.5 Å². The first-order chi connectivity index (χ1) is 9.25. The lowest BCUT2D eigenvalue weighted by atomic mass is 10.0. The van der Waals surface area contributed by atoms with Crippen molar-refractivity contribution in [1.29, 1.82) is 0 Å². The van der Waals surface area contributed by atoms with Gasteiger partial charge in [-0.05, 0) is 30.9 Å². The number of nitrogens with one attached hydrogen (secondary N) is 2. The number of hydrogen-bond donors (Lipinski definition) is 2. The molecule has 19 heavy (non-hydrogen) atoms. The third-order valence-corrected chi connectivity index (χ3v) is 3.49. The second kappa shape index (κ2) is 7.36. The largest absolute Gasteiger partial charge is 0.381 e. The fraction of sp³-hybridized carbons (Fsp3) is 0.500. The number of para-hydroxylation sites is 1. The van der Waals surface area contributed by atoms with Crippen LogP contribution in [0.15, 0.2) is 24.3 Å². The predicted octanol–water partition coefficient (Wildman–Crippen LogP) is 2.29. The fourth-order valence-electron chi connectivity index (χ4n) is 2.07. The van der Waals surface area contributed by atoms with Crippen LogP contribution >= 0.6 is 11.6 Å². The van der Waals surface area contributed by atoms with Crippen LogP contribution in [0.4, 0.5) is 5.69 Å². The number of hydrogen-bond acceptors (Lipinski definition) is 3. The SMILES string of the molecule is O=C(CNc1ccccc1Cl)NC[C@@H]1CCCOC1. The van der Waals surface area contributed by atoms with Crippen LogP contribution in [0.25, 0.3) is 0 Å². The highest BCUT2D eigenvalue weighted by atomic mass is 35.5. The van der Waals surface area contributed by atoms with Crippen LogP contribution in [0.5, 0.6) is 0 Å². The number of anilines is 1. The van der Waals surface area contributed by atoms with E-state index in [4.69, 9.17) is 16.3 Å². The standard InChI is InChI=1S/C14H19ClN2O2/c15-12-5-1-2-6-13(12)16-9-14(18)17-8-11-4-3-7-19-10-11/h1-2,5-6,11,16H,3-4,7-10H2,(H,17,18)/t11-/m0/s1. The third-order valence-electron chi connectivity index (χ3n) is 3.16. The summed E-state index contributed by atoms with van der Waals surface area (Å²) in [7, 11) is 0. The first kappa shape index (κ1) is 14.2. The van der Waals surface area contributed by atoms with Gasteiger partial charge in [0.25, 0.3) is 0 Å². The molecule has 0 aliphatic carbocycles. The highest BCUT2D eigenvalue weighted by molar-refractivity contribution is 6.33. The van der Waals surface area contributed by atoms with Gasteiger partial charge in [0, 0.05) is 13.2 Å². The Kier molecular flexibility index (Phi) is 5.48. The summed E-state index contributed by atoms with van der Waals surface area (Å²) in [4.78, 5) is 11.7. The topological polar surface area (TPSA) is 50.4 Å². The molecule has 0 aromatic heterocycles. The predicted molar refractivity (Wildman–Crippen MR) is 76.5 cm³/mol. The Morgan fingerprint density at radius 3 is 3.00 bits per heavy atom. The van der Waals surface area contributed by atoms with Crippen molar-refractivity contribution in [3.8, 4) is 0 Å². The van der Waals surface area contributed by atoms with Gasteiger partial charge in [0.05, 0.1) is 23.9 Å². The summed E-state index contributed by atoms with van der Waals surface area (Å²) < 4.78 is 5.38.